The lowest BCUT2D eigenvalue weighted by molar-refractivity contribution is 0.275. The van der Waals surface area contributed by atoms with E-state index in [1.807, 2.05) is 12.5 Å². The minimum absolute atomic E-state index is 0.580. The van der Waals surface area contributed by atoms with Crippen LogP contribution in [0.1, 0.15) is 89.7 Å². The molecule has 2 heteroatoms. The first-order valence-corrected chi connectivity index (χ1v) is 10.9. The topological polar surface area (TPSA) is 17.8 Å². The summed E-state index contributed by atoms with van der Waals surface area (Å²) in [7, 11) is 0. The van der Waals surface area contributed by atoms with Gasteiger partial charge in [-0.25, -0.2) is 4.98 Å². The van der Waals surface area contributed by atoms with Crippen molar-refractivity contribution < 1.29 is 0 Å². The fourth-order valence-corrected chi connectivity index (χ4v) is 4.05. The number of hydrogen-bond donors (Lipinski definition) is 0. The van der Waals surface area contributed by atoms with Gasteiger partial charge in [-0.15, -0.1) is 0 Å². The van der Waals surface area contributed by atoms with Gasteiger partial charge in [0.25, 0.3) is 0 Å². The van der Waals surface area contributed by atoms with Gasteiger partial charge in [-0.05, 0) is 30.7 Å². The molecule has 0 spiro atoms. The number of benzene rings is 1. The average molecular weight is 355 g/mol. The van der Waals surface area contributed by atoms with E-state index in [4.69, 9.17) is 0 Å². The Hall–Kier alpha value is -1.57. The van der Waals surface area contributed by atoms with Crippen molar-refractivity contribution in [3.8, 4) is 0 Å². The second-order valence-corrected chi connectivity index (χ2v) is 7.73. The Morgan fingerprint density at radius 1 is 0.846 bits per heavy atom. The molecular weight excluding hydrogens is 316 g/mol. The van der Waals surface area contributed by atoms with E-state index in [2.05, 4.69) is 59.9 Å². The number of rotatable bonds is 14. The highest BCUT2D eigenvalue weighted by Crippen LogP contribution is 2.32. The van der Waals surface area contributed by atoms with Gasteiger partial charge in [-0.1, -0.05) is 95.5 Å². The molecule has 0 fully saturated rings. The van der Waals surface area contributed by atoms with Crippen LogP contribution in [-0.4, -0.2) is 9.55 Å². The van der Waals surface area contributed by atoms with E-state index in [1.54, 1.807) is 0 Å². The third-order valence-electron chi connectivity index (χ3n) is 5.57. The quantitative estimate of drug-likeness (QED) is 0.327. The van der Waals surface area contributed by atoms with Crippen molar-refractivity contribution >= 4 is 0 Å². The predicted molar refractivity (Wildman–Crippen MR) is 112 cm³/mol. The zero-order chi connectivity index (χ0) is 18.5. The number of nitrogens with zero attached hydrogens (tertiary/aromatic N) is 2. The summed E-state index contributed by atoms with van der Waals surface area (Å²) in [5.41, 5.74) is 1.48. The SMILES string of the molecule is CCCCCCC(Cc1ccccc1)C(CCCCCC)n1ccnc1. The van der Waals surface area contributed by atoms with Gasteiger partial charge in [0.15, 0.2) is 0 Å². The smallest absolute Gasteiger partial charge is 0.0948 e. The van der Waals surface area contributed by atoms with Crippen LogP contribution in [0.4, 0.5) is 0 Å². The standard InChI is InChI=1S/C24H38N2/c1-3-5-7-12-16-23(20-22-14-10-9-11-15-22)24(17-13-8-6-4-2)26-19-18-25-21-26/h9-11,14-15,18-19,21,23-24H,3-8,12-13,16-17,20H2,1-2H3. The normalized spacial score (nSPS) is 13.6. The van der Waals surface area contributed by atoms with E-state index in [9.17, 15) is 0 Å². The first-order chi connectivity index (χ1) is 12.8. The fourth-order valence-electron chi connectivity index (χ4n) is 4.05. The Balaban J connectivity index is 2.07. The van der Waals surface area contributed by atoms with Gasteiger partial charge >= 0.3 is 0 Å². The van der Waals surface area contributed by atoms with Gasteiger partial charge in [0.2, 0.25) is 0 Å². The molecule has 2 aromatic rings. The second kappa shape index (κ2) is 12.7. The minimum atomic E-state index is 0.580. The maximum absolute atomic E-state index is 4.35. The molecule has 2 rings (SSSR count). The van der Waals surface area contributed by atoms with Crippen LogP contribution in [0.5, 0.6) is 0 Å². The summed E-state index contributed by atoms with van der Waals surface area (Å²) < 4.78 is 2.39. The minimum Gasteiger partial charge on any atom is -0.334 e. The van der Waals surface area contributed by atoms with E-state index in [0.717, 1.165) is 0 Å². The molecule has 1 aromatic heterocycles. The molecule has 2 nitrogen and oxygen atoms in total. The van der Waals surface area contributed by atoms with Crippen LogP contribution < -0.4 is 0 Å². The molecule has 0 amide bonds. The van der Waals surface area contributed by atoms with E-state index < -0.39 is 0 Å². The monoisotopic (exact) mass is 354 g/mol. The first-order valence-electron chi connectivity index (χ1n) is 10.9. The molecule has 0 saturated heterocycles. The molecule has 0 bridgehead atoms. The van der Waals surface area contributed by atoms with Crippen molar-refractivity contribution in [1.29, 1.82) is 0 Å². The van der Waals surface area contributed by atoms with Crippen molar-refractivity contribution in [2.24, 2.45) is 5.92 Å². The lowest BCUT2D eigenvalue weighted by Gasteiger charge is -2.29. The highest BCUT2D eigenvalue weighted by molar-refractivity contribution is 5.15. The van der Waals surface area contributed by atoms with Crippen molar-refractivity contribution in [3.05, 3.63) is 54.6 Å². The summed E-state index contributed by atoms with van der Waals surface area (Å²) in [6.45, 7) is 4.59. The molecule has 1 aromatic carbocycles. The summed E-state index contributed by atoms with van der Waals surface area (Å²) in [4.78, 5) is 4.35. The van der Waals surface area contributed by atoms with Crippen LogP contribution >= 0.6 is 0 Å². The van der Waals surface area contributed by atoms with E-state index in [-0.39, 0.29) is 0 Å². The molecule has 0 radical (unpaired) electrons. The summed E-state index contributed by atoms with van der Waals surface area (Å²) >= 11 is 0. The maximum atomic E-state index is 4.35. The molecular formula is C24H38N2. The molecule has 1 heterocycles. The van der Waals surface area contributed by atoms with E-state index >= 15 is 0 Å². The van der Waals surface area contributed by atoms with Gasteiger partial charge in [-0.3, -0.25) is 0 Å². The van der Waals surface area contributed by atoms with Crippen LogP contribution in [-0.2, 0) is 6.42 Å². The third-order valence-corrected chi connectivity index (χ3v) is 5.57. The molecule has 0 aliphatic heterocycles. The van der Waals surface area contributed by atoms with Crippen molar-refractivity contribution in [2.75, 3.05) is 0 Å². The maximum Gasteiger partial charge on any atom is 0.0948 e. The molecule has 26 heavy (non-hydrogen) atoms. The molecule has 144 valence electrons. The highest BCUT2D eigenvalue weighted by Gasteiger charge is 2.22. The van der Waals surface area contributed by atoms with Crippen LogP contribution in [0.25, 0.3) is 0 Å². The lowest BCUT2D eigenvalue weighted by Crippen LogP contribution is -2.21. The molecule has 2 unspecified atom stereocenters. The van der Waals surface area contributed by atoms with E-state index in [1.165, 1.54) is 76.2 Å². The molecule has 0 N–H and O–H groups in total. The van der Waals surface area contributed by atoms with Gasteiger partial charge in [0, 0.05) is 18.4 Å². The van der Waals surface area contributed by atoms with Crippen molar-refractivity contribution in [1.82, 2.24) is 9.55 Å². The van der Waals surface area contributed by atoms with Gasteiger partial charge in [-0.2, -0.15) is 0 Å². The Morgan fingerprint density at radius 3 is 2.15 bits per heavy atom. The molecule has 0 aliphatic rings. The Kier molecular flexibility index (Phi) is 10.2. The van der Waals surface area contributed by atoms with Crippen molar-refractivity contribution in [3.63, 3.8) is 0 Å². The van der Waals surface area contributed by atoms with Crippen LogP contribution in [0.15, 0.2) is 49.1 Å². The highest BCUT2D eigenvalue weighted by atomic mass is 15.1. The van der Waals surface area contributed by atoms with Gasteiger partial charge in [0.1, 0.15) is 0 Å². The second-order valence-electron chi connectivity index (χ2n) is 7.73. The average Bonchev–Trinajstić information content (AvgIpc) is 3.20. The molecule has 0 aliphatic carbocycles. The Morgan fingerprint density at radius 2 is 1.54 bits per heavy atom. The zero-order valence-corrected chi connectivity index (χ0v) is 16.9. The number of hydrogen-bond acceptors (Lipinski definition) is 1. The summed E-state index contributed by atoms with van der Waals surface area (Å²) in [5, 5.41) is 0. The lowest BCUT2D eigenvalue weighted by atomic mass is 9.84. The number of unbranched alkanes of at least 4 members (excludes halogenated alkanes) is 6. The number of imidazole rings is 1. The zero-order valence-electron chi connectivity index (χ0n) is 16.9. The van der Waals surface area contributed by atoms with Crippen LogP contribution in [0.3, 0.4) is 0 Å². The molecule has 0 saturated carbocycles. The van der Waals surface area contributed by atoms with Gasteiger partial charge < -0.3 is 4.57 Å². The Labute approximate surface area is 161 Å². The Bertz CT molecular complexity index is 547. The summed E-state index contributed by atoms with van der Waals surface area (Å²) in [5.74, 6) is 0.699. The predicted octanol–water partition coefficient (Wildman–Crippen LogP) is 7.22. The van der Waals surface area contributed by atoms with E-state index in [0.29, 0.717) is 12.0 Å². The summed E-state index contributed by atoms with van der Waals surface area (Å²) in [6, 6.07) is 11.6. The summed E-state index contributed by atoms with van der Waals surface area (Å²) in [6.07, 6.45) is 20.7. The van der Waals surface area contributed by atoms with Gasteiger partial charge in [0.05, 0.1) is 6.33 Å². The first kappa shape index (κ1) is 20.7. The van der Waals surface area contributed by atoms with Crippen LogP contribution in [0, 0.1) is 5.92 Å². The largest absolute Gasteiger partial charge is 0.334 e. The fraction of sp³-hybridized carbons (Fsp3) is 0.625. The third kappa shape index (κ3) is 7.35. The number of aromatic nitrogens is 2. The van der Waals surface area contributed by atoms with Crippen LogP contribution in [0.2, 0.25) is 0 Å². The van der Waals surface area contributed by atoms with Crippen molar-refractivity contribution in [2.45, 2.75) is 90.5 Å². The molecule has 2 atom stereocenters.